The highest BCUT2D eigenvalue weighted by atomic mass is 15.0. The van der Waals surface area contributed by atoms with Crippen LogP contribution in [0.1, 0.15) is 25.0 Å². The number of hydrogen-bond acceptors (Lipinski definition) is 0. The third-order valence-electron chi connectivity index (χ3n) is 9.98. The summed E-state index contributed by atoms with van der Waals surface area (Å²) in [4.78, 5) is 0. The lowest BCUT2D eigenvalue weighted by molar-refractivity contribution is 0.660. The predicted octanol–water partition coefficient (Wildman–Crippen LogP) is 12.1. The first-order valence-corrected chi connectivity index (χ1v) is 16.1. The van der Waals surface area contributed by atoms with Crippen LogP contribution in [0.15, 0.2) is 164 Å². The van der Waals surface area contributed by atoms with Crippen LogP contribution in [0.25, 0.3) is 72.0 Å². The van der Waals surface area contributed by atoms with Crippen molar-refractivity contribution < 1.29 is 0 Å². The summed E-state index contributed by atoms with van der Waals surface area (Å²) in [5.41, 5.74) is 16.5. The van der Waals surface area contributed by atoms with Crippen molar-refractivity contribution in [2.75, 3.05) is 0 Å². The van der Waals surface area contributed by atoms with Gasteiger partial charge in [0.2, 0.25) is 0 Å². The first-order valence-electron chi connectivity index (χ1n) is 16.1. The molecule has 7 aromatic carbocycles. The lowest BCUT2D eigenvalue weighted by Gasteiger charge is -2.21. The zero-order chi connectivity index (χ0) is 30.8. The van der Waals surface area contributed by atoms with Gasteiger partial charge in [0.05, 0.1) is 11.0 Å². The van der Waals surface area contributed by atoms with Crippen LogP contribution in [-0.4, -0.2) is 4.57 Å². The quantitative estimate of drug-likeness (QED) is 0.193. The fourth-order valence-corrected chi connectivity index (χ4v) is 7.67. The molecule has 1 aliphatic rings. The van der Waals surface area contributed by atoms with Crippen molar-refractivity contribution in [3.63, 3.8) is 0 Å². The first-order chi connectivity index (χ1) is 22.6. The van der Waals surface area contributed by atoms with E-state index in [9.17, 15) is 0 Å². The molecule has 46 heavy (non-hydrogen) atoms. The maximum atomic E-state index is 2.44. The molecule has 0 aliphatic heterocycles. The number of aromatic nitrogens is 1. The van der Waals surface area contributed by atoms with E-state index < -0.39 is 0 Å². The number of para-hydroxylation sites is 1. The van der Waals surface area contributed by atoms with Gasteiger partial charge in [-0.2, -0.15) is 0 Å². The highest BCUT2D eigenvalue weighted by Crippen LogP contribution is 2.49. The zero-order valence-corrected chi connectivity index (χ0v) is 26.0. The molecule has 1 aromatic heterocycles. The molecule has 1 nitrogen and oxygen atoms in total. The number of hydrogen-bond donors (Lipinski definition) is 0. The van der Waals surface area contributed by atoms with Crippen LogP contribution in [0.3, 0.4) is 0 Å². The minimum Gasteiger partial charge on any atom is -0.309 e. The SMILES string of the molecule is CC1(C)c2ccccc2-c2cc(-c3ccc4c(c3)c3ccccc3n4-c3cc(-c4ccccc4)cc(-c4ccccc4)c3)ccc21. The second-order valence-corrected chi connectivity index (χ2v) is 13.0. The van der Waals surface area contributed by atoms with E-state index in [0.717, 1.165) is 5.69 Å². The Hall–Kier alpha value is -5.66. The fourth-order valence-electron chi connectivity index (χ4n) is 7.67. The van der Waals surface area contributed by atoms with Gasteiger partial charge in [-0.05, 0) is 98.1 Å². The van der Waals surface area contributed by atoms with Gasteiger partial charge in [-0.15, -0.1) is 0 Å². The van der Waals surface area contributed by atoms with Crippen molar-refractivity contribution in [1.29, 1.82) is 0 Å². The maximum absolute atomic E-state index is 2.44. The van der Waals surface area contributed by atoms with Crippen molar-refractivity contribution in [3.8, 4) is 50.2 Å². The Bertz CT molecular complexity index is 2370. The summed E-state index contributed by atoms with van der Waals surface area (Å²) < 4.78 is 2.44. The lowest BCUT2D eigenvalue weighted by atomic mass is 9.82. The average Bonchev–Trinajstić information content (AvgIpc) is 3.57. The van der Waals surface area contributed by atoms with E-state index in [0.29, 0.717) is 0 Å². The van der Waals surface area contributed by atoms with Crippen molar-refractivity contribution >= 4 is 21.8 Å². The molecule has 8 aromatic rings. The second kappa shape index (κ2) is 10.2. The van der Waals surface area contributed by atoms with Crippen molar-refractivity contribution in [2.45, 2.75) is 19.3 Å². The van der Waals surface area contributed by atoms with Gasteiger partial charge < -0.3 is 4.57 Å². The summed E-state index contributed by atoms with van der Waals surface area (Å²) in [6.45, 7) is 4.68. The van der Waals surface area contributed by atoms with Gasteiger partial charge >= 0.3 is 0 Å². The Morgan fingerprint density at radius 2 is 0.935 bits per heavy atom. The molecule has 0 N–H and O–H groups in total. The summed E-state index contributed by atoms with van der Waals surface area (Å²) >= 11 is 0. The number of benzene rings is 7. The minimum atomic E-state index is 0.00865. The summed E-state index contributed by atoms with van der Waals surface area (Å²) in [6.07, 6.45) is 0. The van der Waals surface area contributed by atoms with Crippen molar-refractivity contribution in [3.05, 3.63) is 175 Å². The molecule has 1 heterocycles. The summed E-state index contributed by atoms with van der Waals surface area (Å²) in [7, 11) is 0. The van der Waals surface area contributed by atoms with Crippen LogP contribution in [0.4, 0.5) is 0 Å². The smallest absolute Gasteiger partial charge is 0.0541 e. The Morgan fingerprint density at radius 3 is 1.67 bits per heavy atom. The largest absolute Gasteiger partial charge is 0.309 e. The van der Waals surface area contributed by atoms with Gasteiger partial charge in [0.15, 0.2) is 0 Å². The molecule has 1 heteroatoms. The second-order valence-electron chi connectivity index (χ2n) is 13.0. The summed E-state index contributed by atoms with van der Waals surface area (Å²) in [5.74, 6) is 0. The Labute approximate surface area is 270 Å². The number of nitrogens with zero attached hydrogens (tertiary/aromatic N) is 1. The fraction of sp³-hybridized carbons (Fsp3) is 0.0667. The third-order valence-corrected chi connectivity index (χ3v) is 9.98. The monoisotopic (exact) mass is 587 g/mol. The molecular formula is C45H33N. The maximum Gasteiger partial charge on any atom is 0.0541 e. The third kappa shape index (κ3) is 4.09. The van der Waals surface area contributed by atoms with Crippen LogP contribution < -0.4 is 0 Å². The molecule has 0 amide bonds. The van der Waals surface area contributed by atoms with Crippen LogP contribution in [0.5, 0.6) is 0 Å². The Balaban J connectivity index is 1.25. The van der Waals surface area contributed by atoms with E-state index in [-0.39, 0.29) is 5.41 Å². The van der Waals surface area contributed by atoms with Gasteiger partial charge in [0.25, 0.3) is 0 Å². The number of rotatable bonds is 4. The van der Waals surface area contributed by atoms with E-state index in [4.69, 9.17) is 0 Å². The predicted molar refractivity (Wildman–Crippen MR) is 195 cm³/mol. The van der Waals surface area contributed by atoms with E-state index in [1.807, 2.05) is 0 Å². The lowest BCUT2D eigenvalue weighted by Crippen LogP contribution is -2.14. The molecule has 218 valence electrons. The van der Waals surface area contributed by atoms with Gasteiger partial charge in [-0.3, -0.25) is 0 Å². The molecule has 9 rings (SSSR count). The van der Waals surface area contributed by atoms with E-state index in [2.05, 4.69) is 182 Å². The van der Waals surface area contributed by atoms with Crippen LogP contribution in [-0.2, 0) is 5.41 Å². The normalized spacial score (nSPS) is 13.2. The summed E-state index contributed by atoms with van der Waals surface area (Å²) in [5, 5.41) is 2.53. The molecule has 1 aliphatic carbocycles. The standard InChI is InChI=1S/C45H33N/c1-45(2)41-19-11-9-17-37(41)39-28-32(21-23-42(39)45)33-22-24-44-40(29-33)38-18-10-12-20-43(38)46(44)36-26-34(30-13-5-3-6-14-30)25-35(27-36)31-15-7-4-8-16-31/h3-29H,1-2H3. The molecule has 0 radical (unpaired) electrons. The van der Waals surface area contributed by atoms with Gasteiger partial charge in [-0.25, -0.2) is 0 Å². The zero-order valence-electron chi connectivity index (χ0n) is 26.0. The molecule has 0 unspecified atom stereocenters. The first kappa shape index (κ1) is 26.7. The molecule has 0 saturated heterocycles. The van der Waals surface area contributed by atoms with Crippen LogP contribution in [0, 0.1) is 0 Å². The van der Waals surface area contributed by atoms with E-state index in [1.165, 1.54) is 77.4 Å². The molecule has 0 fully saturated rings. The van der Waals surface area contributed by atoms with Crippen molar-refractivity contribution in [1.82, 2.24) is 4.57 Å². The number of fused-ring (bicyclic) bond motifs is 6. The molecular weight excluding hydrogens is 555 g/mol. The van der Waals surface area contributed by atoms with Crippen molar-refractivity contribution in [2.24, 2.45) is 0 Å². The highest BCUT2D eigenvalue weighted by molar-refractivity contribution is 6.10. The topological polar surface area (TPSA) is 4.93 Å². The molecule has 0 atom stereocenters. The average molecular weight is 588 g/mol. The molecule has 0 spiro atoms. The molecule has 0 bridgehead atoms. The van der Waals surface area contributed by atoms with Crippen LogP contribution >= 0.6 is 0 Å². The highest BCUT2D eigenvalue weighted by Gasteiger charge is 2.35. The van der Waals surface area contributed by atoms with Gasteiger partial charge in [0.1, 0.15) is 0 Å². The van der Waals surface area contributed by atoms with Gasteiger partial charge in [0, 0.05) is 21.9 Å². The van der Waals surface area contributed by atoms with Gasteiger partial charge in [-0.1, -0.05) is 135 Å². The Kier molecular flexibility index (Phi) is 5.92. The Morgan fingerprint density at radius 1 is 0.370 bits per heavy atom. The minimum absolute atomic E-state index is 0.00865. The summed E-state index contributed by atoms with van der Waals surface area (Å²) in [6, 6.07) is 60.1. The van der Waals surface area contributed by atoms with Crippen LogP contribution in [0.2, 0.25) is 0 Å². The van der Waals surface area contributed by atoms with E-state index in [1.54, 1.807) is 0 Å². The van der Waals surface area contributed by atoms with E-state index >= 15 is 0 Å². The molecule has 0 saturated carbocycles.